The number of carbonyl (C=O) groups is 1. The van der Waals surface area contributed by atoms with Gasteiger partial charge in [-0.1, -0.05) is 72.8 Å². The summed E-state index contributed by atoms with van der Waals surface area (Å²) in [6, 6.07) is 26.8. The van der Waals surface area contributed by atoms with Crippen LogP contribution in [0.1, 0.15) is 16.7 Å². The summed E-state index contributed by atoms with van der Waals surface area (Å²) in [4.78, 5) is 12.2. The first-order valence-electron chi connectivity index (χ1n) is 9.95. The van der Waals surface area contributed by atoms with Gasteiger partial charge in [0.2, 0.25) is 8.03 Å². The fraction of sp³-hybridized carbons (Fsp3) is 0.208. The maximum Gasteiger partial charge on any atom is 0.408 e. The van der Waals surface area contributed by atoms with Crippen LogP contribution in [0.4, 0.5) is 4.79 Å². The summed E-state index contributed by atoms with van der Waals surface area (Å²) in [5.41, 5.74) is 2.86. The lowest BCUT2D eigenvalue weighted by Gasteiger charge is -2.18. The Kier molecular flexibility index (Phi) is 8.71. The summed E-state index contributed by atoms with van der Waals surface area (Å²) in [5, 5.41) is 2.66. The number of alkyl carbamates (subject to hydrolysis) is 1. The normalized spacial score (nSPS) is 12.5. The van der Waals surface area contributed by atoms with Crippen LogP contribution in [0, 0.1) is 0 Å². The van der Waals surface area contributed by atoms with Crippen molar-refractivity contribution in [1.82, 2.24) is 5.32 Å². The molecule has 162 valence electrons. The second-order valence-corrected chi connectivity index (χ2v) is 8.65. The number of ether oxygens (including phenoxy) is 2. The molecule has 0 spiro atoms. The van der Waals surface area contributed by atoms with Gasteiger partial charge in [-0.05, 0) is 28.8 Å². The maximum atomic E-state index is 12.3. The van der Waals surface area contributed by atoms with Gasteiger partial charge in [0.15, 0.2) is 0 Å². The number of nitrogens with one attached hydrogen (secondary N) is 1. The molecular weight excluding hydrogens is 413 g/mol. The molecule has 0 aliphatic heterocycles. The van der Waals surface area contributed by atoms with Crippen molar-refractivity contribution in [2.45, 2.75) is 25.4 Å². The molecule has 3 aromatic carbocycles. The van der Waals surface area contributed by atoms with Crippen molar-refractivity contribution < 1.29 is 23.4 Å². The summed E-state index contributed by atoms with van der Waals surface area (Å²) in [5.74, 6) is 0.0631. The van der Waals surface area contributed by atoms with Crippen LogP contribution in [-0.4, -0.2) is 19.0 Å². The van der Waals surface area contributed by atoms with Crippen LogP contribution in [0.25, 0.3) is 0 Å². The lowest BCUT2D eigenvalue weighted by molar-refractivity contribution is 0.138. The Balaban J connectivity index is 1.53. The van der Waals surface area contributed by atoms with Crippen LogP contribution >= 0.6 is 8.03 Å². The van der Waals surface area contributed by atoms with E-state index in [0.29, 0.717) is 13.0 Å². The van der Waals surface area contributed by atoms with Crippen molar-refractivity contribution in [1.29, 1.82) is 0 Å². The molecule has 0 heterocycles. The first kappa shape index (κ1) is 22.6. The summed E-state index contributed by atoms with van der Waals surface area (Å²) >= 11 is 0. The van der Waals surface area contributed by atoms with Crippen LogP contribution in [0.3, 0.4) is 0 Å². The Labute approximate surface area is 183 Å². The van der Waals surface area contributed by atoms with E-state index in [2.05, 4.69) is 5.32 Å². The number of rotatable bonds is 10. The highest BCUT2D eigenvalue weighted by Crippen LogP contribution is 2.29. The molecule has 7 heteroatoms. The molecule has 0 bridgehead atoms. The number of benzene rings is 3. The van der Waals surface area contributed by atoms with Crippen LogP contribution < -0.4 is 10.1 Å². The first-order valence-corrected chi connectivity index (χ1v) is 11.3. The SMILES string of the molecule is CO[PH](=O)[C@H](Cc1ccc(OCc2ccccc2)cc1)NC(=O)OCc1ccccc1. The molecule has 0 aliphatic rings. The Hall–Kier alpha value is -3.08. The van der Waals surface area contributed by atoms with Crippen LogP contribution in [0.5, 0.6) is 5.75 Å². The summed E-state index contributed by atoms with van der Waals surface area (Å²) in [7, 11) is -1.12. The van der Waals surface area contributed by atoms with Crippen molar-refractivity contribution in [3.05, 3.63) is 102 Å². The van der Waals surface area contributed by atoms with E-state index < -0.39 is 19.9 Å². The largest absolute Gasteiger partial charge is 0.489 e. The molecule has 2 atom stereocenters. The minimum Gasteiger partial charge on any atom is -0.489 e. The quantitative estimate of drug-likeness (QED) is 0.441. The van der Waals surface area contributed by atoms with Gasteiger partial charge in [-0.25, -0.2) is 4.79 Å². The monoisotopic (exact) mass is 439 g/mol. The van der Waals surface area contributed by atoms with E-state index in [1.165, 1.54) is 7.11 Å². The number of amides is 1. The highest BCUT2D eigenvalue weighted by Gasteiger charge is 2.20. The molecule has 1 N–H and O–H groups in total. The molecule has 6 nitrogen and oxygen atoms in total. The number of carbonyl (C=O) groups excluding carboxylic acids is 1. The average molecular weight is 439 g/mol. The molecule has 0 saturated heterocycles. The van der Waals surface area contributed by atoms with Crippen LogP contribution in [-0.2, 0) is 33.5 Å². The fourth-order valence-electron chi connectivity index (χ4n) is 2.94. The molecule has 31 heavy (non-hydrogen) atoms. The predicted molar refractivity (Wildman–Crippen MR) is 120 cm³/mol. The number of hydrogen-bond acceptors (Lipinski definition) is 5. The smallest absolute Gasteiger partial charge is 0.408 e. The van der Waals surface area contributed by atoms with E-state index in [1.807, 2.05) is 84.9 Å². The van der Waals surface area contributed by atoms with Crippen molar-refractivity contribution in [2.75, 3.05) is 7.11 Å². The second kappa shape index (κ2) is 11.9. The summed E-state index contributed by atoms with van der Waals surface area (Å²) in [6.45, 7) is 0.621. The molecule has 0 fully saturated rings. The zero-order chi connectivity index (χ0) is 21.9. The molecule has 0 radical (unpaired) electrons. The highest BCUT2D eigenvalue weighted by atomic mass is 31.1. The fourth-order valence-corrected chi connectivity index (χ4v) is 3.86. The van der Waals surface area contributed by atoms with E-state index in [1.54, 1.807) is 0 Å². The van der Waals surface area contributed by atoms with E-state index in [9.17, 15) is 9.36 Å². The van der Waals surface area contributed by atoms with Crippen LogP contribution in [0.2, 0.25) is 0 Å². The molecule has 1 unspecified atom stereocenters. The second-order valence-electron chi connectivity index (χ2n) is 6.90. The predicted octanol–water partition coefficient (Wildman–Crippen LogP) is 5.18. The molecule has 3 aromatic rings. The summed E-state index contributed by atoms with van der Waals surface area (Å²) < 4.78 is 28.4. The third-order valence-electron chi connectivity index (χ3n) is 4.60. The Morgan fingerprint density at radius 1 is 0.839 bits per heavy atom. The van der Waals surface area contributed by atoms with Gasteiger partial charge in [0, 0.05) is 13.5 Å². The van der Waals surface area contributed by atoms with Gasteiger partial charge >= 0.3 is 6.09 Å². The molecule has 1 amide bonds. The van der Waals surface area contributed by atoms with E-state index in [-0.39, 0.29) is 6.61 Å². The molecule has 3 rings (SSSR count). The van der Waals surface area contributed by atoms with Crippen molar-refractivity contribution in [2.24, 2.45) is 0 Å². The van der Waals surface area contributed by atoms with Gasteiger partial charge in [-0.3, -0.25) is 4.57 Å². The standard InChI is InChI=1S/C24H26NO5P/c1-28-31(27)23(25-24(26)30-18-21-10-6-3-7-11-21)16-19-12-14-22(15-13-19)29-17-20-8-4-2-5-9-20/h2-15,23,31H,16-18H2,1H3,(H,25,26)/t23-/m1/s1. The van der Waals surface area contributed by atoms with Gasteiger partial charge in [0.1, 0.15) is 24.7 Å². The third-order valence-corrected chi connectivity index (χ3v) is 5.92. The average Bonchev–Trinajstić information content (AvgIpc) is 2.82. The van der Waals surface area contributed by atoms with E-state index in [0.717, 1.165) is 22.4 Å². The molecule has 0 saturated carbocycles. The van der Waals surface area contributed by atoms with Gasteiger partial charge < -0.3 is 19.3 Å². The zero-order valence-corrected chi connectivity index (χ0v) is 18.3. The molecule has 0 aromatic heterocycles. The van der Waals surface area contributed by atoms with Gasteiger partial charge in [0.25, 0.3) is 0 Å². The highest BCUT2D eigenvalue weighted by molar-refractivity contribution is 7.40. The topological polar surface area (TPSA) is 73.9 Å². The van der Waals surface area contributed by atoms with Gasteiger partial charge in [-0.2, -0.15) is 0 Å². The lowest BCUT2D eigenvalue weighted by Crippen LogP contribution is -2.34. The Morgan fingerprint density at radius 3 is 2.00 bits per heavy atom. The lowest BCUT2D eigenvalue weighted by atomic mass is 10.1. The third kappa shape index (κ3) is 7.59. The van der Waals surface area contributed by atoms with Crippen molar-refractivity contribution in [3.63, 3.8) is 0 Å². The summed E-state index contributed by atoms with van der Waals surface area (Å²) in [6.07, 6.45) is -0.280. The maximum absolute atomic E-state index is 12.3. The first-order chi connectivity index (χ1) is 15.1. The minimum absolute atomic E-state index is 0.140. The minimum atomic E-state index is -2.49. The zero-order valence-electron chi connectivity index (χ0n) is 17.3. The van der Waals surface area contributed by atoms with Crippen LogP contribution in [0.15, 0.2) is 84.9 Å². The molecule has 0 aliphatic carbocycles. The Bertz CT molecular complexity index is 964. The number of hydrogen-bond donors (Lipinski definition) is 1. The van der Waals surface area contributed by atoms with Crippen molar-refractivity contribution in [3.8, 4) is 5.75 Å². The molecular formula is C24H26NO5P. The van der Waals surface area contributed by atoms with E-state index in [4.69, 9.17) is 14.0 Å². The van der Waals surface area contributed by atoms with Gasteiger partial charge in [0.05, 0.1) is 0 Å². The van der Waals surface area contributed by atoms with Crippen molar-refractivity contribution >= 4 is 14.1 Å². The van der Waals surface area contributed by atoms with Gasteiger partial charge in [-0.15, -0.1) is 0 Å². The Morgan fingerprint density at radius 2 is 1.42 bits per heavy atom. The van der Waals surface area contributed by atoms with E-state index >= 15 is 0 Å².